The Bertz CT molecular complexity index is 911. The van der Waals surface area contributed by atoms with Gasteiger partial charge in [-0.1, -0.05) is 36.4 Å². The van der Waals surface area contributed by atoms with E-state index in [1.165, 1.54) is 26.4 Å². The molecule has 30 heavy (non-hydrogen) atoms. The van der Waals surface area contributed by atoms with Crippen LogP contribution in [0, 0.1) is 0 Å². The van der Waals surface area contributed by atoms with E-state index in [0.29, 0.717) is 29.2 Å². The fraction of sp³-hybridized carbons (Fsp3) is 0.227. The molecule has 158 valence electrons. The Hall–Kier alpha value is -3.81. The van der Waals surface area contributed by atoms with E-state index in [1.54, 1.807) is 55.5 Å². The van der Waals surface area contributed by atoms with Crippen molar-refractivity contribution in [2.75, 3.05) is 20.8 Å². The van der Waals surface area contributed by atoms with Crippen molar-refractivity contribution in [2.24, 2.45) is 0 Å². The highest BCUT2D eigenvalue weighted by molar-refractivity contribution is 5.98. The Morgan fingerprint density at radius 3 is 2.33 bits per heavy atom. The fourth-order valence-corrected chi connectivity index (χ4v) is 2.56. The number of benzene rings is 2. The number of hydrogen-bond acceptors (Lipinski definition) is 6. The summed E-state index contributed by atoms with van der Waals surface area (Å²) in [6, 6.07) is 12.9. The zero-order chi connectivity index (χ0) is 21.9. The highest BCUT2D eigenvalue weighted by Crippen LogP contribution is 2.28. The molecule has 8 heteroatoms. The lowest BCUT2D eigenvalue weighted by atomic mass is 10.1. The van der Waals surface area contributed by atoms with Crippen LogP contribution in [0.1, 0.15) is 24.2 Å². The summed E-state index contributed by atoms with van der Waals surface area (Å²) >= 11 is 0. The molecule has 0 aliphatic carbocycles. The number of nitrogens with one attached hydrogen (secondary N) is 2. The van der Waals surface area contributed by atoms with Crippen LogP contribution in [-0.2, 0) is 14.3 Å². The van der Waals surface area contributed by atoms with Gasteiger partial charge in [-0.25, -0.2) is 9.59 Å². The number of ether oxygens (including phenoxy) is 3. The van der Waals surface area contributed by atoms with Gasteiger partial charge < -0.3 is 19.5 Å². The average molecular weight is 412 g/mol. The van der Waals surface area contributed by atoms with E-state index in [0.717, 1.165) is 0 Å². The third kappa shape index (κ3) is 6.37. The van der Waals surface area contributed by atoms with Crippen LogP contribution in [0.2, 0.25) is 0 Å². The molecule has 2 N–H and O–H groups in total. The van der Waals surface area contributed by atoms with Crippen molar-refractivity contribution in [2.45, 2.75) is 13.0 Å². The van der Waals surface area contributed by atoms with Crippen LogP contribution in [0.4, 0.5) is 4.79 Å². The highest BCUT2D eigenvalue weighted by atomic mass is 16.5. The van der Waals surface area contributed by atoms with Crippen LogP contribution in [0.5, 0.6) is 11.5 Å². The lowest BCUT2D eigenvalue weighted by Crippen LogP contribution is -2.42. The zero-order valence-electron chi connectivity index (χ0n) is 17.0. The summed E-state index contributed by atoms with van der Waals surface area (Å²) in [6.45, 7) is 2.07. The number of imide groups is 1. The van der Waals surface area contributed by atoms with E-state index in [-0.39, 0.29) is 0 Å². The first-order valence-corrected chi connectivity index (χ1v) is 9.22. The minimum atomic E-state index is -1.28. The van der Waals surface area contributed by atoms with Crippen LogP contribution >= 0.6 is 0 Å². The lowest BCUT2D eigenvalue weighted by Gasteiger charge is -2.16. The minimum Gasteiger partial charge on any atom is -0.493 e. The molecule has 0 unspecified atom stereocenters. The molecule has 0 fully saturated rings. The standard InChI is InChI=1S/C22H24N2O6/c1-4-23-22(27)24-21(26)20(16-8-6-5-7-9-16)30-19(25)13-11-15-10-12-17(28-2)18(14-15)29-3/h5-14,20H,4H2,1-3H3,(H2,23,24,26,27)/b13-11+/t20-/m1/s1. The first kappa shape index (κ1) is 22.5. The molecule has 0 bridgehead atoms. The van der Waals surface area contributed by atoms with E-state index in [4.69, 9.17) is 14.2 Å². The molecule has 0 aliphatic rings. The maximum atomic E-state index is 12.5. The summed E-state index contributed by atoms with van der Waals surface area (Å²) in [5.41, 5.74) is 1.11. The highest BCUT2D eigenvalue weighted by Gasteiger charge is 2.25. The zero-order valence-corrected chi connectivity index (χ0v) is 17.0. The van der Waals surface area contributed by atoms with E-state index >= 15 is 0 Å². The van der Waals surface area contributed by atoms with Gasteiger partial charge in [0.15, 0.2) is 11.5 Å². The van der Waals surface area contributed by atoms with Crippen LogP contribution in [0.25, 0.3) is 6.08 Å². The summed E-state index contributed by atoms with van der Waals surface area (Å²) in [6.07, 6.45) is 1.43. The van der Waals surface area contributed by atoms with E-state index in [2.05, 4.69) is 10.6 Å². The molecule has 2 aromatic carbocycles. The summed E-state index contributed by atoms with van der Waals surface area (Å²) in [7, 11) is 3.04. The number of urea groups is 1. The number of esters is 1. The molecule has 0 saturated heterocycles. The lowest BCUT2D eigenvalue weighted by molar-refractivity contribution is -0.151. The summed E-state index contributed by atoms with van der Waals surface area (Å²) in [4.78, 5) is 36.5. The molecule has 0 spiro atoms. The van der Waals surface area contributed by atoms with E-state index < -0.39 is 24.0 Å². The van der Waals surface area contributed by atoms with Crippen molar-refractivity contribution in [3.8, 4) is 11.5 Å². The molecule has 0 aliphatic heterocycles. The Morgan fingerprint density at radius 1 is 1.00 bits per heavy atom. The second-order valence-corrected chi connectivity index (χ2v) is 6.02. The number of carbonyl (C=O) groups is 3. The molecule has 8 nitrogen and oxygen atoms in total. The monoisotopic (exact) mass is 412 g/mol. The Balaban J connectivity index is 2.15. The average Bonchev–Trinajstić information content (AvgIpc) is 2.76. The smallest absolute Gasteiger partial charge is 0.331 e. The van der Waals surface area contributed by atoms with Gasteiger partial charge in [0.05, 0.1) is 14.2 Å². The van der Waals surface area contributed by atoms with Gasteiger partial charge in [-0.3, -0.25) is 10.1 Å². The number of methoxy groups -OCH3 is 2. The fourth-order valence-electron chi connectivity index (χ4n) is 2.56. The first-order valence-electron chi connectivity index (χ1n) is 9.22. The van der Waals surface area contributed by atoms with Crippen molar-refractivity contribution < 1.29 is 28.6 Å². The molecular weight excluding hydrogens is 388 g/mol. The molecule has 0 heterocycles. The van der Waals surface area contributed by atoms with Gasteiger partial charge in [-0.15, -0.1) is 0 Å². The van der Waals surface area contributed by atoms with Gasteiger partial charge in [-0.2, -0.15) is 0 Å². The van der Waals surface area contributed by atoms with Crippen LogP contribution in [0.15, 0.2) is 54.6 Å². The Morgan fingerprint density at radius 2 is 1.70 bits per heavy atom. The topological polar surface area (TPSA) is 103 Å². The van der Waals surface area contributed by atoms with Crippen LogP contribution in [-0.4, -0.2) is 38.7 Å². The molecule has 2 rings (SSSR count). The van der Waals surface area contributed by atoms with Crippen molar-refractivity contribution in [3.63, 3.8) is 0 Å². The second kappa shape index (κ2) is 11.3. The van der Waals surface area contributed by atoms with Crippen LogP contribution < -0.4 is 20.1 Å². The predicted molar refractivity (Wildman–Crippen MR) is 111 cm³/mol. The third-order valence-corrected chi connectivity index (χ3v) is 3.97. The third-order valence-electron chi connectivity index (χ3n) is 3.97. The first-order chi connectivity index (χ1) is 14.5. The van der Waals surface area contributed by atoms with E-state index in [9.17, 15) is 14.4 Å². The normalized spacial score (nSPS) is 11.4. The summed E-state index contributed by atoms with van der Waals surface area (Å²) < 4.78 is 15.7. The summed E-state index contributed by atoms with van der Waals surface area (Å²) in [5.74, 6) is -0.426. The SMILES string of the molecule is CCNC(=O)NC(=O)[C@H](OC(=O)/C=C/c1ccc(OC)c(OC)c1)c1ccccc1. The molecular formula is C22H24N2O6. The van der Waals surface area contributed by atoms with Crippen molar-refractivity contribution in [1.29, 1.82) is 0 Å². The number of hydrogen-bond donors (Lipinski definition) is 2. The molecule has 1 atom stereocenters. The van der Waals surface area contributed by atoms with Gasteiger partial charge in [0, 0.05) is 18.2 Å². The van der Waals surface area contributed by atoms with Gasteiger partial charge in [-0.05, 0) is 30.7 Å². The Labute approximate surface area is 174 Å². The quantitative estimate of drug-likeness (QED) is 0.511. The van der Waals surface area contributed by atoms with Crippen LogP contribution in [0.3, 0.4) is 0 Å². The summed E-state index contributed by atoms with van der Waals surface area (Å²) in [5, 5.41) is 4.62. The predicted octanol–water partition coefficient (Wildman–Crippen LogP) is 2.85. The molecule has 0 saturated carbocycles. The van der Waals surface area contributed by atoms with Crippen molar-refractivity contribution >= 4 is 24.0 Å². The van der Waals surface area contributed by atoms with Crippen molar-refractivity contribution in [3.05, 3.63) is 65.7 Å². The van der Waals surface area contributed by atoms with Gasteiger partial charge in [0.2, 0.25) is 6.10 Å². The Kier molecular flexibility index (Phi) is 8.43. The largest absolute Gasteiger partial charge is 0.493 e. The number of rotatable bonds is 8. The van der Waals surface area contributed by atoms with Gasteiger partial charge in [0.1, 0.15) is 0 Å². The maximum absolute atomic E-state index is 12.5. The molecule has 0 aromatic heterocycles. The number of carbonyl (C=O) groups excluding carboxylic acids is 3. The van der Waals surface area contributed by atoms with Crippen molar-refractivity contribution in [1.82, 2.24) is 10.6 Å². The molecule has 2 aromatic rings. The van der Waals surface area contributed by atoms with Gasteiger partial charge >= 0.3 is 12.0 Å². The molecule has 0 radical (unpaired) electrons. The number of amides is 3. The molecule has 3 amide bonds. The van der Waals surface area contributed by atoms with Gasteiger partial charge in [0.25, 0.3) is 5.91 Å². The minimum absolute atomic E-state index is 0.350. The second-order valence-electron chi connectivity index (χ2n) is 6.02. The van der Waals surface area contributed by atoms with E-state index in [1.807, 2.05) is 0 Å². The maximum Gasteiger partial charge on any atom is 0.331 e.